The van der Waals surface area contributed by atoms with Gasteiger partial charge in [0, 0.05) is 5.56 Å². The van der Waals surface area contributed by atoms with Crippen molar-refractivity contribution in [2.24, 2.45) is 0 Å². The fourth-order valence-electron chi connectivity index (χ4n) is 4.46. The molecule has 19 heteroatoms. The highest BCUT2D eigenvalue weighted by atomic mass is 19.4. The summed E-state index contributed by atoms with van der Waals surface area (Å²) in [6.45, 7) is 0.804. The second-order valence-electron chi connectivity index (χ2n) is 9.47. The van der Waals surface area contributed by atoms with Crippen LogP contribution >= 0.6 is 0 Å². The molecule has 0 saturated carbocycles. The highest BCUT2D eigenvalue weighted by molar-refractivity contribution is 5.55. The first-order chi connectivity index (χ1) is 21.7. The zero-order valence-electron chi connectivity index (χ0n) is 22.6. The maximum absolute atomic E-state index is 14.5. The summed E-state index contributed by atoms with van der Waals surface area (Å²) in [6.07, 6.45) is -12.4. The Morgan fingerprint density at radius 2 is 0.957 bits per heavy atom. The molecule has 4 aromatic rings. The molecule has 0 aliphatic rings. The molecule has 4 aromatic carbocycles. The van der Waals surface area contributed by atoms with Gasteiger partial charge in [0.15, 0.2) is 11.6 Å². The number of nitro groups is 1. The van der Waals surface area contributed by atoms with Crippen LogP contribution in [0.4, 0.5) is 58.4 Å². The van der Waals surface area contributed by atoms with E-state index in [1.165, 1.54) is 0 Å². The molecule has 0 unspecified atom stereocenters. The number of aromatic hydroxyl groups is 2. The molecule has 0 spiro atoms. The molecule has 0 fully saturated rings. The lowest BCUT2D eigenvalue weighted by Crippen LogP contribution is -2.54. The average Bonchev–Trinajstić information content (AvgIpc) is 2.98. The lowest BCUT2D eigenvalue weighted by Gasteiger charge is -2.38. The smallest absolute Gasteiger partial charge is 0.411 e. The molecule has 0 bridgehead atoms. The number of alkyl halides is 6. The van der Waals surface area contributed by atoms with Crippen LogP contribution in [0.1, 0.15) is 16.7 Å². The molecule has 0 aliphatic heterocycles. The fraction of sp³-hybridized carbons (Fsp3) is 0.143. The van der Waals surface area contributed by atoms with Crippen LogP contribution in [-0.4, -0.2) is 27.5 Å². The predicted octanol–water partition coefficient (Wildman–Crippen LogP) is 9.14. The van der Waals surface area contributed by atoms with E-state index in [4.69, 9.17) is 4.74 Å². The Hall–Kier alpha value is -5.36. The van der Waals surface area contributed by atoms with Crippen LogP contribution in [0.2, 0.25) is 0 Å². The molecule has 0 aliphatic carbocycles. The summed E-state index contributed by atoms with van der Waals surface area (Å²) in [5.74, 6) is -21.0. The molecule has 250 valence electrons. The second-order valence-corrected chi connectivity index (χ2v) is 9.47. The number of hydrogen-bond donors (Lipinski definition) is 2. The molecule has 0 heterocycles. The van der Waals surface area contributed by atoms with Crippen molar-refractivity contribution in [1.29, 1.82) is 0 Å². The number of halogens is 12. The van der Waals surface area contributed by atoms with E-state index in [0.717, 1.165) is 6.92 Å². The van der Waals surface area contributed by atoms with E-state index in [1.807, 2.05) is 0 Å². The van der Waals surface area contributed by atoms with Crippen molar-refractivity contribution in [3.63, 3.8) is 0 Å². The summed E-state index contributed by atoms with van der Waals surface area (Å²) in [6, 6.07) is 2.31. The maximum Gasteiger partial charge on any atom is 0.411 e. The zero-order chi connectivity index (χ0) is 35.4. The van der Waals surface area contributed by atoms with E-state index in [9.17, 15) is 73.0 Å². The first-order valence-electron chi connectivity index (χ1n) is 12.3. The van der Waals surface area contributed by atoms with Crippen molar-refractivity contribution in [2.45, 2.75) is 24.7 Å². The van der Waals surface area contributed by atoms with E-state index in [2.05, 4.69) is 4.74 Å². The first kappa shape index (κ1) is 34.5. The van der Waals surface area contributed by atoms with Crippen molar-refractivity contribution in [1.82, 2.24) is 0 Å². The van der Waals surface area contributed by atoms with Crippen LogP contribution < -0.4 is 9.47 Å². The normalized spacial score (nSPS) is 12.3. The van der Waals surface area contributed by atoms with Crippen LogP contribution in [0.15, 0.2) is 48.5 Å². The summed E-state index contributed by atoms with van der Waals surface area (Å²) >= 11 is 0. The minimum absolute atomic E-state index is 0.167. The number of phenolic OH excluding ortho intramolecular Hbond substituents is 2. The molecule has 0 radical (unpaired) electrons. The van der Waals surface area contributed by atoms with Gasteiger partial charge in [-0.25, -0.2) is 4.39 Å². The molecule has 4 rings (SSSR count). The third-order valence-electron chi connectivity index (χ3n) is 6.76. The molecule has 0 amide bonds. The van der Waals surface area contributed by atoms with Gasteiger partial charge in [-0.2, -0.15) is 48.3 Å². The summed E-state index contributed by atoms with van der Waals surface area (Å²) < 4.78 is 182. The zero-order valence-corrected chi connectivity index (χ0v) is 22.6. The Morgan fingerprint density at radius 1 is 0.596 bits per heavy atom. The topological polar surface area (TPSA) is 102 Å². The highest BCUT2D eigenvalue weighted by Gasteiger charge is 2.72. The number of ether oxygens (including phenoxy) is 2. The van der Waals surface area contributed by atoms with Gasteiger partial charge in [0.25, 0.3) is 0 Å². The Labute approximate surface area is 253 Å². The van der Waals surface area contributed by atoms with Gasteiger partial charge in [0.1, 0.15) is 11.5 Å². The van der Waals surface area contributed by atoms with Gasteiger partial charge in [0.05, 0.1) is 4.92 Å². The Kier molecular flexibility index (Phi) is 8.65. The minimum atomic E-state index is -6.19. The molecule has 7 nitrogen and oxygen atoms in total. The molecule has 0 atom stereocenters. The Morgan fingerprint density at radius 3 is 1.32 bits per heavy atom. The third-order valence-corrected chi connectivity index (χ3v) is 6.76. The summed E-state index contributed by atoms with van der Waals surface area (Å²) in [5.41, 5.74) is -10.8. The van der Waals surface area contributed by atoms with Crippen molar-refractivity contribution in [3.05, 3.63) is 110 Å². The maximum atomic E-state index is 14.5. The summed E-state index contributed by atoms with van der Waals surface area (Å²) in [4.78, 5) is 9.10. The second kappa shape index (κ2) is 11.8. The number of rotatable bonds is 7. The fourth-order valence-corrected chi connectivity index (χ4v) is 4.46. The Balaban J connectivity index is 1.78. The van der Waals surface area contributed by atoms with Gasteiger partial charge in [-0.1, -0.05) is 24.3 Å². The highest BCUT2D eigenvalue weighted by Crippen LogP contribution is 2.56. The average molecular weight is 687 g/mol. The summed E-state index contributed by atoms with van der Waals surface area (Å²) in [7, 11) is 0. The number of nitro benzene ring substituents is 1. The number of nitrogens with zero attached hydrogens (tertiary/aromatic N) is 1. The van der Waals surface area contributed by atoms with Crippen LogP contribution in [0.3, 0.4) is 0 Å². The van der Waals surface area contributed by atoms with Gasteiger partial charge in [0.2, 0.25) is 51.7 Å². The van der Waals surface area contributed by atoms with Crippen LogP contribution in [0, 0.1) is 51.9 Å². The van der Waals surface area contributed by atoms with Crippen molar-refractivity contribution < 1.29 is 77.3 Å². The van der Waals surface area contributed by atoms with E-state index in [-0.39, 0.29) is 24.3 Å². The van der Waals surface area contributed by atoms with Crippen molar-refractivity contribution in [3.8, 4) is 34.5 Å². The van der Waals surface area contributed by atoms with E-state index < -0.39 is 114 Å². The van der Waals surface area contributed by atoms with Crippen LogP contribution in [0.25, 0.3) is 0 Å². The van der Waals surface area contributed by atoms with Gasteiger partial charge in [-0.05, 0) is 42.3 Å². The Bertz CT molecular complexity index is 1800. The lowest BCUT2D eigenvalue weighted by atomic mass is 9.73. The van der Waals surface area contributed by atoms with Gasteiger partial charge < -0.3 is 19.7 Å². The van der Waals surface area contributed by atoms with E-state index >= 15 is 0 Å². The van der Waals surface area contributed by atoms with E-state index in [0.29, 0.717) is 24.3 Å². The van der Waals surface area contributed by atoms with Crippen LogP contribution in [0.5, 0.6) is 34.5 Å². The van der Waals surface area contributed by atoms with Gasteiger partial charge >= 0.3 is 18.0 Å². The number of benzene rings is 4. The SMILES string of the molecule is Cc1c(O)c(F)c(Oc2ccc(C(c3ccc(Oc4c(F)c(O)c([N+](=O)[O-])c(F)c4F)cc3)(C(F)(F)F)C(F)(F)F)cc2)c(F)c1F. The minimum Gasteiger partial charge on any atom is -0.504 e. The van der Waals surface area contributed by atoms with Gasteiger partial charge in [-0.15, -0.1) is 0 Å². The first-order valence-corrected chi connectivity index (χ1v) is 12.3. The molecule has 0 saturated heterocycles. The van der Waals surface area contributed by atoms with Gasteiger partial charge in [-0.3, -0.25) is 10.1 Å². The quantitative estimate of drug-likeness (QED) is 0.0870. The summed E-state index contributed by atoms with van der Waals surface area (Å²) in [5, 5.41) is 29.9. The van der Waals surface area contributed by atoms with Crippen LogP contribution in [-0.2, 0) is 5.41 Å². The largest absolute Gasteiger partial charge is 0.504 e. The monoisotopic (exact) mass is 687 g/mol. The molecular formula is C28H13F12NO6. The predicted molar refractivity (Wildman–Crippen MR) is 133 cm³/mol. The third kappa shape index (κ3) is 5.54. The molecule has 2 N–H and O–H groups in total. The van der Waals surface area contributed by atoms with Crippen molar-refractivity contribution >= 4 is 5.69 Å². The molecule has 47 heavy (non-hydrogen) atoms. The number of phenols is 2. The van der Waals surface area contributed by atoms with Crippen molar-refractivity contribution in [2.75, 3.05) is 0 Å². The standard InChI is InChI=1S/C28H13F12NO6/c1-10-15(29)17(31)24(19(33)22(10)42)46-13-6-2-11(3-7-13)26(27(35,36)37,28(38,39)40)12-4-8-14(9-5-12)47-25-18(32)16(30)21(41(44)45)23(43)20(25)34/h2-9,42-43H,1H3. The number of hydrogen-bond acceptors (Lipinski definition) is 6. The molecular weight excluding hydrogens is 674 g/mol. The van der Waals surface area contributed by atoms with E-state index in [1.54, 1.807) is 0 Å². The molecule has 0 aromatic heterocycles. The lowest BCUT2D eigenvalue weighted by molar-refractivity contribution is -0.389.